The van der Waals surface area contributed by atoms with Gasteiger partial charge in [0.1, 0.15) is 5.75 Å². The van der Waals surface area contributed by atoms with Gasteiger partial charge in [-0.1, -0.05) is 105 Å². The van der Waals surface area contributed by atoms with Crippen molar-refractivity contribution < 1.29 is 4.55 Å². The van der Waals surface area contributed by atoms with Crippen molar-refractivity contribution in [3.8, 4) is 0 Å². The van der Waals surface area contributed by atoms with Gasteiger partial charge in [0.15, 0.2) is 0 Å². The van der Waals surface area contributed by atoms with E-state index in [2.05, 4.69) is 26.0 Å². The number of rotatable bonds is 11. The Balaban J connectivity index is 0.000000518. The molecule has 0 saturated heterocycles. The fraction of sp³-hybridized carbons (Fsp3) is 0.700. The van der Waals surface area contributed by atoms with E-state index in [4.69, 9.17) is 0 Å². The second kappa shape index (κ2) is 16.9. The van der Waals surface area contributed by atoms with E-state index in [9.17, 15) is 4.55 Å². The molecule has 1 nitrogen and oxygen atoms in total. The van der Waals surface area contributed by atoms with Crippen LogP contribution in [-0.2, 0) is 11.2 Å². The Kier molecular flexibility index (Phi) is 16.5. The first-order valence-electron chi connectivity index (χ1n) is 8.98. The van der Waals surface area contributed by atoms with Crippen molar-refractivity contribution in [2.45, 2.75) is 78.1 Å². The van der Waals surface area contributed by atoms with Gasteiger partial charge < -0.3 is 4.55 Å². The highest BCUT2D eigenvalue weighted by molar-refractivity contribution is 7.90. The van der Waals surface area contributed by atoms with Crippen LogP contribution in [0.25, 0.3) is 0 Å². The normalized spacial score (nSPS) is 11.6. The first-order chi connectivity index (χ1) is 10.7. The highest BCUT2D eigenvalue weighted by Gasteiger charge is 1.96. The molecule has 0 aliphatic heterocycles. The van der Waals surface area contributed by atoms with Crippen LogP contribution in [0.15, 0.2) is 30.3 Å². The molecule has 0 fully saturated rings. The molecule has 2 heteroatoms. The predicted molar refractivity (Wildman–Crippen MR) is 102 cm³/mol. The topological polar surface area (TPSA) is 23.1 Å². The third-order valence-electron chi connectivity index (χ3n) is 3.73. The van der Waals surface area contributed by atoms with Crippen LogP contribution in [0.4, 0.5) is 0 Å². The molecule has 0 aromatic heterocycles. The largest absolute Gasteiger partial charge is 0.617 e. The van der Waals surface area contributed by atoms with Gasteiger partial charge in [0.05, 0.1) is 6.26 Å². The van der Waals surface area contributed by atoms with Gasteiger partial charge in [-0.05, 0) is 19.8 Å². The average molecular weight is 325 g/mol. The first kappa shape index (κ1) is 21.5. The van der Waals surface area contributed by atoms with Gasteiger partial charge in [0.25, 0.3) is 0 Å². The maximum atomic E-state index is 10.8. The molecule has 0 bridgehead atoms. The monoisotopic (exact) mass is 324 g/mol. The lowest BCUT2D eigenvalue weighted by atomic mass is 10.1. The second-order valence-corrected chi connectivity index (χ2v) is 7.67. The zero-order chi connectivity index (χ0) is 16.5. The van der Waals surface area contributed by atoms with Crippen LogP contribution < -0.4 is 0 Å². The zero-order valence-electron chi connectivity index (χ0n) is 15.0. The summed E-state index contributed by atoms with van der Waals surface area (Å²) in [6, 6.07) is 10.3. The summed E-state index contributed by atoms with van der Waals surface area (Å²) in [5.41, 5.74) is 1.32. The fourth-order valence-corrected chi connectivity index (χ4v) is 2.94. The Morgan fingerprint density at radius 1 is 0.773 bits per heavy atom. The van der Waals surface area contributed by atoms with Crippen LogP contribution in [0, 0.1) is 6.92 Å². The van der Waals surface area contributed by atoms with Gasteiger partial charge in [-0.2, -0.15) is 0 Å². The van der Waals surface area contributed by atoms with Gasteiger partial charge in [-0.3, -0.25) is 0 Å². The third kappa shape index (κ3) is 17.6. The minimum Gasteiger partial charge on any atom is -0.617 e. The first-order valence-corrected chi connectivity index (χ1v) is 10.7. The molecular formula is C20H36OS. The Morgan fingerprint density at radius 3 is 1.59 bits per heavy atom. The Hall–Kier alpha value is -0.470. The molecule has 1 aromatic carbocycles. The highest BCUT2D eigenvalue weighted by Crippen LogP contribution is 2.10. The van der Waals surface area contributed by atoms with Gasteiger partial charge in [-0.15, -0.1) is 0 Å². The summed E-state index contributed by atoms with van der Waals surface area (Å²) < 4.78 is 10.8. The molecule has 0 amide bonds. The van der Waals surface area contributed by atoms with Crippen LogP contribution >= 0.6 is 0 Å². The third-order valence-corrected chi connectivity index (χ3v) is 4.59. The lowest BCUT2D eigenvalue weighted by Gasteiger charge is -2.04. The van der Waals surface area contributed by atoms with Crippen LogP contribution in [-0.4, -0.2) is 16.6 Å². The summed E-state index contributed by atoms with van der Waals surface area (Å²) in [6.45, 7) is 4.34. The van der Waals surface area contributed by atoms with Crippen LogP contribution in [0.1, 0.15) is 76.7 Å². The molecule has 0 radical (unpaired) electrons. The molecule has 1 unspecified atom stereocenters. The number of aryl methyl sites for hydroxylation is 1. The number of hydrogen-bond acceptors (Lipinski definition) is 1. The Labute approximate surface area is 142 Å². The summed E-state index contributed by atoms with van der Waals surface area (Å²) in [5, 5.41) is 0. The van der Waals surface area contributed by atoms with Crippen LogP contribution in [0.3, 0.4) is 0 Å². The molecule has 1 atom stereocenters. The molecule has 0 saturated carbocycles. The molecule has 1 rings (SSSR count). The van der Waals surface area contributed by atoms with Crippen LogP contribution in [0.5, 0.6) is 0 Å². The van der Waals surface area contributed by atoms with Crippen molar-refractivity contribution in [1.82, 2.24) is 0 Å². The molecule has 1 aromatic rings. The lowest BCUT2D eigenvalue weighted by Crippen LogP contribution is -2.02. The second-order valence-electron chi connectivity index (χ2n) is 6.11. The van der Waals surface area contributed by atoms with E-state index in [0.29, 0.717) is 0 Å². The summed E-state index contributed by atoms with van der Waals surface area (Å²) in [6.07, 6.45) is 15.3. The van der Waals surface area contributed by atoms with Crippen molar-refractivity contribution in [2.24, 2.45) is 0 Å². The van der Waals surface area contributed by atoms with E-state index in [-0.39, 0.29) is 0 Å². The molecular weight excluding hydrogens is 288 g/mol. The van der Waals surface area contributed by atoms with Crippen molar-refractivity contribution in [3.05, 3.63) is 35.9 Å². The summed E-state index contributed by atoms with van der Waals surface area (Å²) in [5.74, 6) is 0.899. The summed E-state index contributed by atoms with van der Waals surface area (Å²) >= 11 is -0.578. The van der Waals surface area contributed by atoms with E-state index in [1.165, 1.54) is 63.4 Å². The number of hydrogen-bond donors (Lipinski definition) is 0. The molecule has 0 N–H and O–H groups in total. The van der Waals surface area contributed by atoms with Crippen molar-refractivity contribution in [3.63, 3.8) is 0 Å². The molecule has 22 heavy (non-hydrogen) atoms. The van der Waals surface area contributed by atoms with E-state index in [0.717, 1.165) is 12.2 Å². The maximum absolute atomic E-state index is 10.8. The van der Waals surface area contributed by atoms with Gasteiger partial charge in [-0.25, -0.2) is 0 Å². The quantitative estimate of drug-likeness (QED) is 0.347. The van der Waals surface area contributed by atoms with E-state index in [1.807, 2.05) is 18.2 Å². The number of benzene rings is 1. The van der Waals surface area contributed by atoms with Crippen molar-refractivity contribution in [2.75, 3.05) is 12.0 Å². The van der Waals surface area contributed by atoms with E-state index >= 15 is 0 Å². The van der Waals surface area contributed by atoms with E-state index in [1.54, 1.807) is 6.26 Å². The molecule has 0 aliphatic carbocycles. The predicted octanol–water partition coefficient (Wildman–Crippen LogP) is 6.28. The zero-order valence-corrected chi connectivity index (χ0v) is 15.8. The fourth-order valence-electron chi connectivity index (χ4n) is 2.33. The van der Waals surface area contributed by atoms with E-state index < -0.39 is 11.2 Å². The smallest absolute Gasteiger partial charge is 0.105 e. The Morgan fingerprint density at radius 2 is 1.23 bits per heavy atom. The maximum Gasteiger partial charge on any atom is 0.105 e. The van der Waals surface area contributed by atoms with Crippen LogP contribution in [0.2, 0.25) is 0 Å². The van der Waals surface area contributed by atoms with Gasteiger partial charge >= 0.3 is 0 Å². The standard InChI is InChI=1S/C13H28OS.C7H8/c1-3-4-5-6-7-8-9-10-11-12-13-15(2)14;1-7-5-3-2-4-6-7/h3-13H2,1-2H3;2-6H,1H3. The summed E-state index contributed by atoms with van der Waals surface area (Å²) in [7, 11) is 0. The minimum absolute atomic E-state index is 0.578. The Bertz CT molecular complexity index is 311. The lowest BCUT2D eigenvalue weighted by molar-refractivity contribution is 0.558. The average Bonchev–Trinajstić information content (AvgIpc) is 2.50. The van der Waals surface area contributed by atoms with Gasteiger partial charge in [0.2, 0.25) is 0 Å². The van der Waals surface area contributed by atoms with Crippen molar-refractivity contribution in [1.29, 1.82) is 0 Å². The summed E-state index contributed by atoms with van der Waals surface area (Å²) in [4.78, 5) is 0. The molecule has 0 aliphatic rings. The molecule has 128 valence electrons. The molecule has 0 spiro atoms. The SMILES string of the molecule is CCCCCCCCCCCC[S+](C)[O-].Cc1ccccc1. The minimum atomic E-state index is -0.578. The highest BCUT2D eigenvalue weighted by atomic mass is 32.2. The molecule has 0 heterocycles. The van der Waals surface area contributed by atoms with Crippen molar-refractivity contribution >= 4 is 11.2 Å². The van der Waals surface area contributed by atoms with Gasteiger partial charge in [0, 0.05) is 0 Å². The number of unbranched alkanes of at least 4 members (excludes halogenated alkanes) is 9.